The molecule has 19 heavy (non-hydrogen) atoms. The second-order valence-electron chi connectivity index (χ2n) is 4.72. The maximum atomic E-state index is 12.0. The zero-order valence-electron chi connectivity index (χ0n) is 10.7. The van der Waals surface area contributed by atoms with Crippen molar-refractivity contribution < 1.29 is 13.2 Å². The summed E-state index contributed by atoms with van der Waals surface area (Å²) in [6.45, 7) is 0. The molecule has 1 unspecified atom stereocenters. The third-order valence-corrected chi connectivity index (χ3v) is 4.99. The molecule has 1 aromatic rings. The van der Waals surface area contributed by atoms with Crippen LogP contribution in [0.2, 0.25) is 0 Å². The van der Waals surface area contributed by atoms with E-state index < -0.39 is 9.84 Å². The highest BCUT2D eigenvalue weighted by atomic mass is 32.2. The van der Waals surface area contributed by atoms with E-state index in [0.717, 1.165) is 0 Å². The lowest BCUT2D eigenvalue weighted by atomic mass is 10.2. The quantitative estimate of drug-likeness (QED) is 0.789. The minimum absolute atomic E-state index is 0.0403. The van der Waals surface area contributed by atoms with Gasteiger partial charge in [-0.15, -0.1) is 0 Å². The Morgan fingerprint density at radius 2 is 2.00 bits per heavy atom. The van der Waals surface area contributed by atoms with E-state index in [2.05, 4.69) is 5.32 Å². The fraction of sp³-hybridized carbons (Fsp3) is 0.417. The Labute approximate surface area is 112 Å². The zero-order chi connectivity index (χ0) is 14.0. The summed E-state index contributed by atoms with van der Waals surface area (Å²) in [5.41, 5.74) is 6.81. The molecule has 3 N–H and O–H groups in total. The number of benzene rings is 1. The van der Waals surface area contributed by atoms with Gasteiger partial charge in [-0.3, -0.25) is 0 Å². The maximum Gasteiger partial charge on any atom is 0.321 e. The second-order valence-corrected chi connectivity index (χ2v) is 6.95. The molecule has 0 aromatic heterocycles. The van der Waals surface area contributed by atoms with Crippen LogP contribution in [-0.4, -0.2) is 43.9 Å². The molecule has 1 aliphatic rings. The third-order valence-electron chi connectivity index (χ3n) is 3.24. The largest absolute Gasteiger partial charge is 0.399 e. The second kappa shape index (κ2) is 5.08. The number of nitrogens with zero attached hydrogens (tertiary/aromatic N) is 1. The number of amides is 2. The summed E-state index contributed by atoms with van der Waals surface area (Å²) in [5, 5.41) is 2.71. The van der Waals surface area contributed by atoms with Gasteiger partial charge in [-0.25, -0.2) is 13.2 Å². The number of carbonyl (C=O) groups is 1. The van der Waals surface area contributed by atoms with Crippen molar-refractivity contribution in [2.75, 3.05) is 29.6 Å². The topological polar surface area (TPSA) is 92.5 Å². The zero-order valence-corrected chi connectivity index (χ0v) is 11.5. The fourth-order valence-corrected chi connectivity index (χ4v) is 3.80. The first-order valence-electron chi connectivity index (χ1n) is 5.97. The number of anilines is 2. The monoisotopic (exact) mass is 283 g/mol. The molecule has 0 bridgehead atoms. The lowest BCUT2D eigenvalue weighted by Gasteiger charge is -2.23. The van der Waals surface area contributed by atoms with Crippen molar-refractivity contribution in [1.29, 1.82) is 0 Å². The van der Waals surface area contributed by atoms with E-state index in [4.69, 9.17) is 5.73 Å². The summed E-state index contributed by atoms with van der Waals surface area (Å²) in [7, 11) is -1.38. The van der Waals surface area contributed by atoms with Crippen molar-refractivity contribution in [3.63, 3.8) is 0 Å². The number of rotatable bonds is 2. The highest BCUT2D eigenvalue weighted by Crippen LogP contribution is 2.18. The molecular weight excluding hydrogens is 266 g/mol. The summed E-state index contributed by atoms with van der Waals surface area (Å²) in [4.78, 5) is 13.4. The standard InChI is InChI=1S/C12H17N3O3S/c1-15(11-6-7-19(17,18)8-11)12(16)14-10-4-2-9(13)3-5-10/h2-5,11H,6-8,13H2,1H3,(H,14,16). The van der Waals surface area contributed by atoms with Gasteiger partial charge in [0.05, 0.1) is 11.5 Å². The van der Waals surface area contributed by atoms with E-state index >= 15 is 0 Å². The third kappa shape index (κ3) is 3.37. The minimum Gasteiger partial charge on any atom is -0.399 e. The number of hydrogen-bond acceptors (Lipinski definition) is 4. The van der Waals surface area contributed by atoms with E-state index in [1.54, 1.807) is 31.3 Å². The number of nitrogens with two attached hydrogens (primary N) is 1. The molecule has 1 atom stereocenters. The van der Waals surface area contributed by atoms with Gasteiger partial charge in [0.2, 0.25) is 0 Å². The van der Waals surface area contributed by atoms with Crippen LogP contribution < -0.4 is 11.1 Å². The first-order chi connectivity index (χ1) is 8.87. The lowest BCUT2D eigenvalue weighted by molar-refractivity contribution is 0.209. The number of urea groups is 1. The van der Waals surface area contributed by atoms with Crippen LogP contribution in [0.1, 0.15) is 6.42 Å². The number of nitrogen functional groups attached to an aromatic ring is 1. The van der Waals surface area contributed by atoms with Gasteiger partial charge in [-0.05, 0) is 30.7 Å². The number of carbonyl (C=O) groups excluding carboxylic acids is 1. The summed E-state index contributed by atoms with van der Waals surface area (Å²) < 4.78 is 22.8. The van der Waals surface area contributed by atoms with Crippen molar-refractivity contribution in [2.24, 2.45) is 0 Å². The molecule has 2 amide bonds. The normalized spacial score (nSPS) is 21.0. The van der Waals surface area contributed by atoms with Crippen molar-refractivity contribution in [2.45, 2.75) is 12.5 Å². The molecule has 1 fully saturated rings. The molecule has 0 spiro atoms. The van der Waals surface area contributed by atoms with E-state index in [-0.39, 0.29) is 23.6 Å². The first kappa shape index (κ1) is 13.7. The molecule has 1 aliphatic heterocycles. The van der Waals surface area contributed by atoms with Gasteiger partial charge in [-0.2, -0.15) is 0 Å². The number of sulfone groups is 1. The van der Waals surface area contributed by atoms with Crippen LogP contribution in [0.15, 0.2) is 24.3 Å². The van der Waals surface area contributed by atoms with Crippen LogP contribution in [0.3, 0.4) is 0 Å². The van der Waals surface area contributed by atoms with Crippen molar-refractivity contribution in [1.82, 2.24) is 4.90 Å². The van der Waals surface area contributed by atoms with E-state index in [9.17, 15) is 13.2 Å². The molecule has 1 heterocycles. The number of hydrogen-bond donors (Lipinski definition) is 2. The summed E-state index contributed by atoms with van der Waals surface area (Å²) in [6.07, 6.45) is 0.494. The summed E-state index contributed by atoms with van der Waals surface area (Å²) in [5.74, 6) is 0.190. The smallest absolute Gasteiger partial charge is 0.321 e. The Hall–Kier alpha value is -1.76. The van der Waals surface area contributed by atoms with Crippen LogP contribution in [0.5, 0.6) is 0 Å². The van der Waals surface area contributed by atoms with Crippen molar-refractivity contribution >= 4 is 27.2 Å². The lowest BCUT2D eigenvalue weighted by Crippen LogP contribution is -2.40. The van der Waals surface area contributed by atoms with Crippen LogP contribution >= 0.6 is 0 Å². The molecule has 1 saturated heterocycles. The maximum absolute atomic E-state index is 12.0. The molecule has 0 radical (unpaired) electrons. The molecule has 0 saturated carbocycles. The van der Waals surface area contributed by atoms with Crippen molar-refractivity contribution in [3.05, 3.63) is 24.3 Å². The predicted molar refractivity (Wildman–Crippen MR) is 74.7 cm³/mol. The molecule has 2 rings (SSSR count). The molecular formula is C12H17N3O3S. The number of nitrogens with one attached hydrogen (secondary N) is 1. The minimum atomic E-state index is -2.99. The van der Waals surface area contributed by atoms with Gasteiger partial charge in [-0.1, -0.05) is 0 Å². The van der Waals surface area contributed by atoms with Gasteiger partial charge in [0.25, 0.3) is 0 Å². The van der Waals surface area contributed by atoms with Crippen LogP contribution in [0, 0.1) is 0 Å². The summed E-state index contributed by atoms with van der Waals surface area (Å²) in [6, 6.07) is 6.22. The molecule has 6 nitrogen and oxygen atoms in total. The highest BCUT2D eigenvalue weighted by molar-refractivity contribution is 7.91. The van der Waals surface area contributed by atoms with E-state index in [1.807, 2.05) is 0 Å². The van der Waals surface area contributed by atoms with Gasteiger partial charge < -0.3 is 16.0 Å². The van der Waals surface area contributed by atoms with Crippen LogP contribution in [0.4, 0.5) is 16.2 Å². The van der Waals surface area contributed by atoms with Gasteiger partial charge in [0.15, 0.2) is 9.84 Å². The first-order valence-corrected chi connectivity index (χ1v) is 7.79. The molecule has 0 aliphatic carbocycles. The van der Waals surface area contributed by atoms with Crippen LogP contribution in [-0.2, 0) is 9.84 Å². The Balaban J connectivity index is 1.98. The predicted octanol–water partition coefficient (Wildman–Crippen LogP) is 0.920. The highest BCUT2D eigenvalue weighted by Gasteiger charge is 2.32. The average Bonchev–Trinajstić information content (AvgIpc) is 2.71. The van der Waals surface area contributed by atoms with Crippen molar-refractivity contribution in [3.8, 4) is 0 Å². The molecule has 1 aromatic carbocycles. The SMILES string of the molecule is CN(C(=O)Nc1ccc(N)cc1)C1CCS(=O)(=O)C1. The summed E-state index contributed by atoms with van der Waals surface area (Å²) >= 11 is 0. The van der Waals surface area contributed by atoms with Gasteiger partial charge in [0, 0.05) is 24.5 Å². The average molecular weight is 283 g/mol. The van der Waals surface area contributed by atoms with Gasteiger partial charge in [0.1, 0.15) is 0 Å². The fourth-order valence-electron chi connectivity index (χ4n) is 2.02. The molecule has 7 heteroatoms. The van der Waals surface area contributed by atoms with Gasteiger partial charge >= 0.3 is 6.03 Å². The Kier molecular flexibility index (Phi) is 3.66. The van der Waals surface area contributed by atoms with Crippen LogP contribution in [0.25, 0.3) is 0 Å². The Morgan fingerprint density at radius 3 is 2.53 bits per heavy atom. The molecule has 104 valence electrons. The van der Waals surface area contributed by atoms with E-state index in [1.165, 1.54) is 4.90 Å². The Bertz CT molecular complexity index is 568. The van der Waals surface area contributed by atoms with E-state index in [0.29, 0.717) is 17.8 Å². The Morgan fingerprint density at radius 1 is 1.37 bits per heavy atom.